The Bertz CT molecular complexity index is 1620. The molecule has 14 nitrogen and oxygen atoms in total. The number of nitrogens with zero attached hydrogens (tertiary/aromatic N) is 1. The third kappa shape index (κ3) is 13.0. The van der Waals surface area contributed by atoms with Crippen molar-refractivity contribution in [2.45, 2.75) is 96.6 Å². The number of aromatic hydroxyl groups is 1. The molecule has 0 saturated heterocycles. The molecule has 0 saturated carbocycles. The lowest BCUT2D eigenvalue weighted by Gasteiger charge is -2.28. The fraction of sp³-hybridized carbons (Fsp3) is 0.457. The second kappa shape index (κ2) is 16.7. The van der Waals surface area contributed by atoms with Crippen molar-refractivity contribution in [2.24, 2.45) is 16.5 Å². The van der Waals surface area contributed by atoms with Crippen LogP contribution in [0.15, 0.2) is 59.7 Å². The Labute approximate surface area is 286 Å². The third-order valence-corrected chi connectivity index (χ3v) is 7.07. The maximum atomic E-state index is 13.9. The number of phenols is 1. The van der Waals surface area contributed by atoms with Gasteiger partial charge in [0.2, 0.25) is 11.8 Å². The molecule has 9 N–H and O–H groups in total. The second-order valence-electron chi connectivity index (χ2n) is 13.7. The van der Waals surface area contributed by atoms with Crippen molar-refractivity contribution in [3.63, 3.8) is 0 Å². The number of benzene rings is 2. The van der Waals surface area contributed by atoms with Crippen LogP contribution >= 0.6 is 0 Å². The summed E-state index contributed by atoms with van der Waals surface area (Å²) in [6.45, 7) is 10.4. The lowest BCUT2D eigenvalue weighted by atomic mass is 10.0. The molecule has 49 heavy (non-hydrogen) atoms. The number of hydrogen-bond acceptors (Lipinski definition) is 8. The van der Waals surface area contributed by atoms with E-state index in [1.807, 2.05) is 24.3 Å². The Morgan fingerprint density at radius 3 is 2.06 bits per heavy atom. The number of para-hydroxylation sites is 1. The topological polar surface area (TPSA) is 223 Å². The summed E-state index contributed by atoms with van der Waals surface area (Å²) >= 11 is 0. The number of phenolic OH excluding ortho intramolecular Hbond substituents is 1. The highest BCUT2D eigenvalue weighted by Crippen LogP contribution is 2.20. The Morgan fingerprint density at radius 2 is 1.43 bits per heavy atom. The molecule has 0 aliphatic heterocycles. The van der Waals surface area contributed by atoms with E-state index in [9.17, 15) is 24.3 Å². The van der Waals surface area contributed by atoms with Crippen molar-refractivity contribution in [1.82, 2.24) is 20.9 Å². The van der Waals surface area contributed by atoms with Gasteiger partial charge in [-0.05, 0) is 83.7 Å². The van der Waals surface area contributed by atoms with E-state index >= 15 is 0 Å². The second-order valence-corrected chi connectivity index (χ2v) is 13.7. The van der Waals surface area contributed by atoms with Crippen LogP contribution in [0.2, 0.25) is 0 Å². The quantitative estimate of drug-likeness (QED) is 0.0575. The van der Waals surface area contributed by atoms with Crippen LogP contribution in [0, 0.1) is 0 Å². The largest absolute Gasteiger partial charge is 0.508 e. The van der Waals surface area contributed by atoms with Gasteiger partial charge in [-0.3, -0.25) is 14.6 Å². The minimum atomic E-state index is -1.16. The van der Waals surface area contributed by atoms with Crippen LogP contribution in [0.25, 0.3) is 10.9 Å². The average Bonchev–Trinajstić information content (AvgIpc) is 3.39. The van der Waals surface area contributed by atoms with Gasteiger partial charge in [0.15, 0.2) is 5.96 Å². The fourth-order valence-electron chi connectivity index (χ4n) is 4.93. The van der Waals surface area contributed by atoms with E-state index in [1.165, 1.54) is 12.1 Å². The predicted molar refractivity (Wildman–Crippen MR) is 187 cm³/mol. The van der Waals surface area contributed by atoms with Gasteiger partial charge in [0.1, 0.15) is 35.1 Å². The van der Waals surface area contributed by atoms with Crippen LogP contribution in [-0.4, -0.2) is 75.8 Å². The number of aromatic nitrogens is 1. The summed E-state index contributed by atoms with van der Waals surface area (Å²) in [6, 6.07) is 10.3. The zero-order valence-electron chi connectivity index (χ0n) is 29.0. The first kappa shape index (κ1) is 38.2. The minimum Gasteiger partial charge on any atom is -0.508 e. The lowest BCUT2D eigenvalue weighted by molar-refractivity contribution is -0.158. The number of rotatable bonds is 14. The normalized spacial score (nSPS) is 13.4. The molecule has 3 rings (SSSR count). The van der Waals surface area contributed by atoms with Crippen LogP contribution in [0.5, 0.6) is 5.75 Å². The number of carbonyl (C=O) groups is 4. The van der Waals surface area contributed by atoms with Crippen molar-refractivity contribution in [1.29, 1.82) is 0 Å². The number of guanidine groups is 1. The van der Waals surface area contributed by atoms with E-state index in [0.29, 0.717) is 12.0 Å². The molecule has 14 heteroatoms. The van der Waals surface area contributed by atoms with Crippen LogP contribution in [-0.2, 0) is 36.7 Å². The number of nitrogens with one attached hydrogen (secondary N) is 4. The molecule has 0 bridgehead atoms. The summed E-state index contributed by atoms with van der Waals surface area (Å²) in [5.74, 6) is -2.05. The van der Waals surface area contributed by atoms with E-state index in [1.54, 1.807) is 59.9 Å². The van der Waals surface area contributed by atoms with Crippen molar-refractivity contribution >= 4 is 40.7 Å². The maximum Gasteiger partial charge on any atom is 0.408 e. The van der Waals surface area contributed by atoms with Crippen LogP contribution in [0.3, 0.4) is 0 Å². The lowest BCUT2D eigenvalue weighted by Crippen LogP contribution is -2.57. The summed E-state index contributed by atoms with van der Waals surface area (Å²) in [4.78, 5) is 61.1. The first-order chi connectivity index (χ1) is 22.9. The third-order valence-electron chi connectivity index (χ3n) is 7.07. The molecular weight excluding hydrogens is 630 g/mol. The summed E-state index contributed by atoms with van der Waals surface area (Å²) in [6.07, 6.45) is 1.49. The highest BCUT2D eigenvalue weighted by atomic mass is 16.6. The number of aromatic amines is 1. The molecule has 266 valence electrons. The number of fused-ring (bicyclic) bond motifs is 1. The molecule has 0 fully saturated rings. The Morgan fingerprint density at radius 1 is 0.816 bits per heavy atom. The number of alkyl carbamates (subject to hydrolysis) is 1. The SMILES string of the molecule is CC(C)(C)OC(=O)N[C@@H](Cc1c[nH]c2ccccc12)C(=O)N[C@@H](CCCN=C(N)N)C(=O)N[C@@H](Cc1ccc(O)cc1)C(=O)OC(C)(C)C. The number of ether oxygens (including phenoxy) is 2. The van der Waals surface area contributed by atoms with E-state index in [-0.39, 0.29) is 37.5 Å². The molecule has 3 amide bonds. The molecule has 2 aromatic carbocycles. The molecule has 0 spiro atoms. The van der Waals surface area contributed by atoms with E-state index in [4.69, 9.17) is 20.9 Å². The maximum absolute atomic E-state index is 13.9. The van der Waals surface area contributed by atoms with Crippen molar-refractivity contribution in [3.8, 4) is 5.75 Å². The van der Waals surface area contributed by atoms with Crippen LogP contribution < -0.4 is 27.4 Å². The van der Waals surface area contributed by atoms with Crippen molar-refractivity contribution < 1.29 is 33.8 Å². The van der Waals surface area contributed by atoms with E-state index < -0.39 is 53.2 Å². The molecule has 0 radical (unpaired) electrons. The van der Waals surface area contributed by atoms with Crippen molar-refractivity contribution in [3.05, 3.63) is 65.9 Å². The smallest absolute Gasteiger partial charge is 0.408 e. The van der Waals surface area contributed by atoms with Gasteiger partial charge in [-0.1, -0.05) is 30.3 Å². The first-order valence-electron chi connectivity index (χ1n) is 16.1. The number of nitrogens with two attached hydrogens (primary N) is 2. The van der Waals surface area contributed by atoms with Gasteiger partial charge >= 0.3 is 12.1 Å². The van der Waals surface area contributed by atoms with Gasteiger partial charge in [-0.25, -0.2) is 9.59 Å². The number of aliphatic imine (C=N–C) groups is 1. The molecule has 0 aliphatic rings. The monoisotopic (exact) mass is 679 g/mol. The van der Waals surface area contributed by atoms with Gasteiger partial charge in [0.05, 0.1) is 0 Å². The molecule has 3 atom stereocenters. The average molecular weight is 680 g/mol. The van der Waals surface area contributed by atoms with Gasteiger partial charge in [0.25, 0.3) is 0 Å². The van der Waals surface area contributed by atoms with Gasteiger partial charge < -0.3 is 47.0 Å². The molecule has 1 heterocycles. The standard InChI is InChI=1S/C35H49N7O7/c1-34(2,3)48-31(46)28(18-21-13-15-23(43)16-14-21)41-29(44)26(12-9-17-38-32(36)37)40-30(45)27(42-33(47)49-35(4,5)6)19-22-20-39-25-11-8-7-10-24(22)25/h7-8,10-11,13-16,20,26-28,39,43H,9,12,17-19H2,1-6H3,(H,40,45)(H,41,44)(H,42,47)(H4,36,37,38)/t26-,27-,28-/m0/s1. The number of H-pyrrole nitrogens is 1. The highest BCUT2D eigenvalue weighted by Gasteiger charge is 2.33. The number of carbonyl (C=O) groups excluding carboxylic acids is 4. The number of esters is 1. The van der Waals surface area contributed by atoms with Crippen LogP contribution in [0.1, 0.15) is 65.5 Å². The Balaban J connectivity index is 1.90. The summed E-state index contributed by atoms with van der Waals surface area (Å²) in [5, 5.41) is 18.8. The molecular formula is C35H49N7O7. The summed E-state index contributed by atoms with van der Waals surface area (Å²) < 4.78 is 11.0. The Hall–Kier alpha value is -5.27. The van der Waals surface area contributed by atoms with E-state index in [0.717, 1.165) is 16.5 Å². The van der Waals surface area contributed by atoms with Gasteiger partial charge in [-0.15, -0.1) is 0 Å². The predicted octanol–water partition coefficient (Wildman–Crippen LogP) is 2.92. The van der Waals surface area contributed by atoms with Gasteiger partial charge in [0, 0.05) is 36.5 Å². The zero-order valence-corrected chi connectivity index (χ0v) is 29.0. The summed E-state index contributed by atoms with van der Waals surface area (Å²) in [7, 11) is 0. The molecule has 0 unspecified atom stereocenters. The molecule has 3 aromatic rings. The van der Waals surface area contributed by atoms with Crippen LogP contribution in [0.4, 0.5) is 4.79 Å². The highest BCUT2D eigenvalue weighted by molar-refractivity contribution is 5.94. The Kier molecular flexibility index (Phi) is 13.0. The zero-order chi connectivity index (χ0) is 36.4. The summed E-state index contributed by atoms with van der Waals surface area (Å²) in [5.41, 5.74) is 11.6. The first-order valence-corrected chi connectivity index (χ1v) is 16.1. The molecule has 0 aliphatic carbocycles. The van der Waals surface area contributed by atoms with E-state index in [2.05, 4.69) is 25.9 Å². The molecule has 1 aromatic heterocycles. The number of hydrogen-bond donors (Lipinski definition) is 7. The van der Waals surface area contributed by atoms with Gasteiger partial charge in [-0.2, -0.15) is 0 Å². The fourth-order valence-corrected chi connectivity index (χ4v) is 4.93. The minimum absolute atomic E-state index is 0.0485. The van der Waals surface area contributed by atoms with Crippen molar-refractivity contribution in [2.75, 3.05) is 6.54 Å². The number of amides is 3.